The highest BCUT2D eigenvalue weighted by Gasteiger charge is 2.14. The van der Waals surface area contributed by atoms with Gasteiger partial charge in [-0.2, -0.15) is 0 Å². The second kappa shape index (κ2) is 6.22. The molecule has 92 valence electrons. The Hall–Kier alpha value is -0.800. The van der Waals surface area contributed by atoms with Crippen molar-refractivity contribution < 1.29 is 4.74 Å². The van der Waals surface area contributed by atoms with Gasteiger partial charge in [0.15, 0.2) is 0 Å². The van der Waals surface area contributed by atoms with E-state index in [0.717, 1.165) is 23.1 Å². The van der Waals surface area contributed by atoms with Crippen molar-refractivity contribution in [3.05, 3.63) is 40.4 Å². The van der Waals surface area contributed by atoms with E-state index in [-0.39, 0.29) is 6.10 Å². The summed E-state index contributed by atoms with van der Waals surface area (Å²) >= 11 is 3.55. The quantitative estimate of drug-likeness (QED) is 0.864. The summed E-state index contributed by atoms with van der Waals surface area (Å²) in [4.78, 5) is 0. The van der Waals surface area contributed by atoms with Gasteiger partial charge in [-0.3, -0.25) is 0 Å². The Morgan fingerprint density at radius 1 is 1.41 bits per heavy atom. The number of halogens is 1. The van der Waals surface area contributed by atoms with Crippen molar-refractivity contribution in [2.75, 3.05) is 6.54 Å². The van der Waals surface area contributed by atoms with Crippen LogP contribution in [0, 0.1) is 0 Å². The molecule has 17 heavy (non-hydrogen) atoms. The predicted octanol–water partition coefficient (Wildman–Crippen LogP) is 3.44. The summed E-state index contributed by atoms with van der Waals surface area (Å²) in [7, 11) is 0. The zero-order valence-electron chi connectivity index (χ0n) is 9.86. The van der Waals surface area contributed by atoms with E-state index in [1.165, 1.54) is 18.4 Å². The summed E-state index contributed by atoms with van der Waals surface area (Å²) in [6.07, 6.45) is 8.90. The second-order valence-electron chi connectivity index (χ2n) is 4.28. The van der Waals surface area contributed by atoms with Crippen LogP contribution in [0.4, 0.5) is 0 Å². The van der Waals surface area contributed by atoms with Gasteiger partial charge < -0.3 is 10.5 Å². The summed E-state index contributed by atoms with van der Waals surface area (Å²) in [5.41, 5.74) is 6.81. The molecule has 0 heterocycles. The van der Waals surface area contributed by atoms with Crippen LogP contribution >= 0.6 is 15.9 Å². The fourth-order valence-corrected chi connectivity index (χ4v) is 2.57. The van der Waals surface area contributed by atoms with Crippen LogP contribution in [0.25, 0.3) is 0 Å². The van der Waals surface area contributed by atoms with Gasteiger partial charge in [-0.05, 0) is 65.9 Å². The molecular formula is C14H18BrNO. The minimum Gasteiger partial charge on any atom is -0.485 e. The zero-order chi connectivity index (χ0) is 12.1. The number of rotatable bonds is 4. The topological polar surface area (TPSA) is 35.2 Å². The molecule has 1 aromatic carbocycles. The highest BCUT2D eigenvalue weighted by molar-refractivity contribution is 9.10. The van der Waals surface area contributed by atoms with E-state index in [0.29, 0.717) is 6.54 Å². The van der Waals surface area contributed by atoms with Crippen molar-refractivity contribution in [3.63, 3.8) is 0 Å². The number of nitrogens with two attached hydrogens (primary N) is 1. The van der Waals surface area contributed by atoms with Crippen molar-refractivity contribution in [3.8, 4) is 5.75 Å². The smallest absolute Gasteiger partial charge is 0.137 e. The van der Waals surface area contributed by atoms with E-state index < -0.39 is 0 Å². The highest BCUT2D eigenvalue weighted by atomic mass is 79.9. The van der Waals surface area contributed by atoms with Crippen molar-refractivity contribution in [1.82, 2.24) is 0 Å². The van der Waals surface area contributed by atoms with E-state index in [1.807, 2.05) is 12.1 Å². The Morgan fingerprint density at radius 3 is 3.00 bits per heavy atom. The van der Waals surface area contributed by atoms with Crippen LogP contribution in [0.5, 0.6) is 5.75 Å². The molecule has 2 rings (SSSR count). The largest absolute Gasteiger partial charge is 0.485 e. The summed E-state index contributed by atoms with van der Waals surface area (Å²) in [5, 5.41) is 0. The molecule has 1 unspecified atom stereocenters. The van der Waals surface area contributed by atoms with Crippen LogP contribution in [0.2, 0.25) is 0 Å². The molecule has 0 radical (unpaired) electrons. The van der Waals surface area contributed by atoms with Gasteiger partial charge in [-0.15, -0.1) is 0 Å². The van der Waals surface area contributed by atoms with Gasteiger partial charge in [0, 0.05) is 0 Å². The number of para-hydroxylation sites is 1. The molecule has 0 bridgehead atoms. The summed E-state index contributed by atoms with van der Waals surface area (Å²) in [6, 6.07) is 6.13. The van der Waals surface area contributed by atoms with E-state index in [2.05, 4.69) is 34.1 Å². The van der Waals surface area contributed by atoms with E-state index in [9.17, 15) is 0 Å². The molecule has 0 amide bonds. The molecule has 1 aromatic rings. The molecule has 1 atom stereocenters. The molecule has 0 aliphatic heterocycles. The summed E-state index contributed by atoms with van der Waals surface area (Å²) in [5.74, 6) is 0.953. The van der Waals surface area contributed by atoms with Crippen LogP contribution < -0.4 is 10.5 Å². The Kier molecular flexibility index (Phi) is 4.63. The van der Waals surface area contributed by atoms with Crippen molar-refractivity contribution in [2.24, 2.45) is 5.73 Å². The molecule has 0 saturated heterocycles. The molecule has 1 aliphatic carbocycles. The van der Waals surface area contributed by atoms with Crippen molar-refractivity contribution >= 4 is 15.9 Å². The Bertz CT molecular complexity index is 403. The lowest BCUT2D eigenvalue weighted by atomic mass is 10.0. The van der Waals surface area contributed by atoms with E-state index in [1.54, 1.807) is 0 Å². The van der Waals surface area contributed by atoms with Gasteiger partial charge in [0.2, 0.25) is 0 Å². The molecule has 3 heteroatoms. The van der Waals surface area contributed by atoms with Crippen molar-refractivity contribution in [2.45, 2.75) is 31.8 Å². The van der Waals surface area contributed by atoms with Gasteiger partial charge >= 0.3 is 0 Å². The third kappa shape index (κ3) is 3.33. The summed E-state index contributed by atoms with van der Waals surface area (Å²) < 4.78 is 7.10. The maximum atomic E-state index is 6.08. The lowest BCUT2D eigenvalue weighted by Crippen LogP contribution is -2.17. The van der Waals surface area contributed by atoms with Gasteiger partial charge in [0.05, 0.1) is 4.47 Å². The summed E-state index contributed by atoms with van der Waals surface area (Å²) in [6.45, 7) is 0.646. The van der Waals surface area contributed by atoms with E-state index >= 15 is 0 Å². The second-order valence-corrected chi connectivity index (χ2v) is 5.14. The lowest BCUT2D eigenvalue weighted by molar-refractivity contribution is 0.226. The standard InChI is InChI=1S/C14H18BrNO/c15-13-8-4-5-11(9-10-16)14(13)17-12-6-2-1-3-7-12/h2,4-6,8,12H,1,3,7,9-10,16H2. The van der Waals surface area contributed by atoms with Crippen LogP contribution in [-0.4, -0.2) is 12.6 Å². The maximum Gasteiger partial charge on any atom is 0.137 e. The monoisotopic (exact) mass is 295 g/mol. The average Bonchev–Trinajstić information content (AvgIpc) is 2.35. The van der Waals surface area contributed by atoms with E-state index in [4.69, 9.17) is 10.5 Å². The minimum absolute atomic E-state index is 0.207. The third-order valence-corrected chi connectivity index (χ3v) is 3.57. The van der Waals surface area contributed by atoms with Gasteiger partial charge in [-0.25, -0.2) is 0 Å². The minimum atomic E-state index is 0.207. The van der Waals surface area contributed by atoms with Crippen molar-refractivity contribution in [1.29, 1.82) is 0 Å². The maximum absolute atomic E-state index is 6.08. The number of hydrogen-bond acceptors (Lipinski definition) is 2. The number of allylic oxidation sites excluding steroid dienone is 1. The van der Waals surface area contributed by atoms with Gasteiger partial charge in [0.25, 0.3) is 0 Å². The number of benzene rings is 1. The average molecular weight is 296 g/mol. The molecule has 0 spiro atoms. The Balaban J connectivity index is 2.17. The molecule has 0 fully saturated rings. The third-order valence-electron chi connectivity index (χ3n) is 2.94. The first-order valence-electron chi connectivity index (χ1n) is 6.12. The van der Waals surface area contributed by atoms with Crippen LogP contribution in [0.15, 0.2) is 34.8 Å². The normalized spacial score (nSPS) is 19.3. The number of ether oxygens (including phenoxy) is 1. The van der Waals surface area contributed by atoms with Crippen LogP contribution in [0.3, 0.4) is 0 Å². The van der Waals surface area contributed by atoms with Gasteiger partial charge in [0.1, 0.15) is 11.9 Å². The molecular weight excluding hydrogens is 278 g/mol. The zero-order valence-corrected chi connectivity index (χ0v) is 11.4. The van der Waals surface area contributed by atoms with Crippen LogP contribution in [-0.2, 0) is 6.42 Å². The fraction of sp³-hybridized carbons (Fsp3) is 0.429. The first-order valence-corrected chi connectivity index (χ1v) is 6.91. The molecule has 1 aliphatic rings. The SMILES string of the molecule is NCCc1cccc(Br)c1OC1C=CCCC1. The first kappa shape index (κ1) is 12.7. The fourth-order valence-electron chi connectivity index (χ4n) is 2.07. The molecule has 0 aromatic heterocycles. The molecule has 0 saturated carbocycles. The number of hydrogen-bond donors (Lipinski definition) is 1. The molecule has 2 nitrogen and oxygen atoms in total. The Labute approximate surface area is 111 Å². The highest BCUT2D eigenvalue weighted by Crippen LogP contribution is 2.31. The molecule has 2 N–H and O–H groups in total. The lowest BCUT2D eigenvalue weighted by Gasteiger charge is -2.21. The van der Waals surface area contributed by atoms with Gasteiger partial charge in [-0.1, -0.05) is 18.2 Å². The first-order chi connectivity index (χ1) is 8.31. The van der Waals surface area contributed by atoms with Crippen LogP contribution in [0.1, 0.15) is 24.8 Å². The Morgan fingerprint density at radius 2 is 2.29 bits per heavy atom. The predicted molar refractivity (Wildman–Crippen MR) is 74.3 cm³/mol.